The summed E-state index contributed by atoms with van der Waals surface area (Å²) in [6, 6.07) is 9.33. The molecule has 0 aliphatic heterocycles. The Hall–Kier alpha value is -2.01. The van der Waals surface area contributed by atoms with Gasteiger partial charge in [0.25, 0.3) is 5.91 Å². The zero-order valence-electron chi connectivity index (χ0n) is 12.9. The summed E-state index contributed by atoms with van der Waals surface area (Å²) in [6.07, 6.45) is 0. The molecule has 0 fully saturated rings. The van der Waals surface area contributed by atoms with E-state index >= 15 is 0 Å². The number of aryl methyl sites for hydroxylation is 3. The molecule has 0 saturated heterocycles. The Bertz CT molecular complexity index is 691. The van der Waals surface area contributed by atoms with Gasteiger partial charge in [-0.1, -0.05) is 6.07 Å². The maximum absolute atomic E-state index is 12.0. The topological polar surface area (TPSA) is 64.3 Å². The van der Waals surface area contributed by atoms with Gasteiger partial charge in [0.1, 0.15) is 5.75 Å². The number of hydrogen-bond acceptors (Lipinski definition) is 3. The Balaban J connectivity index is 2.00. The first kappa shape index (κ1) is 16.4. The van der Waals surface area contributed by atoms with Crippen molar-refractivity contribution in [1.82, 2.24) is 0 Å². The van der Waals surface area contributed by atoms with E-state index in [1.165, 1.54) is 5.56 Å². The minimum Gasteiger partial charge on any atom is -0.484 e. The van der Waals surface area contributed by atoms with Crippen molar-refractivity contribution in [2.45, 2.75) is 20.8 Å². The molecule has 0 aromatic heterocycles. The normalized spacial score (nSPS) is 10.4. The number of carbonyl (C=O) groups is 1. The predicted octanol–water partition coefficient (Wildman–Crippen LogP) is 3.97. The summed E-state index contributed by atoms with van der Waals surface area (Å²) >= 11 is 3.40. The Morgan fingerprint density at radius 2 is 1.86 bits per heavy atom. The predicted molar refractivity (Wildman–Crippen MR) is 93.3 cm³/mol. The van der Waals surface area contributed by atoms with Crippen molar-refractivity contribution in [1.29, 1.82) is 0 Å². The lowest BCUT2D eigenvalue weighted by molar-refractivity contribution is -0.118. The minimum atomic E-state index is -0.216. The number of rotatable bonds is 4. The highest BCUT2D eigenvalue weighted by atomic mass is 79.9. The van der Waals surface area contributed by atoms with Crippen LogP contribution in [0.3, 0.4) is 0 Å². The summed E-state index contributed by atoms with van der Waals surface area (Å²) in [5.41, 5.74) is 10.3. The van der Waals surface area contributed by atoms with E-state index in [-0.39, 0.29) is 12.5 Å². The second-order valence-electron chi connectivity index (χ2n) is 5.28. The molecule has 0 heterocycles. The van der Waals surface area contributed by atoms with E-state index in [2.05, 4.69) is 21.2 Å². The van der Waals surface area contributed by atoms with Gasteiger partial charge in [-0.15, -0.1) is 0 Å². The molecule has 2 aromatic carbocycles. The molecule has 5 heteroatoms. The lowest BCUT2D eigenvalue weighted by Gasteiger charge is -2.12. The second-order valence-corrected chi connectivity index (χ2v) is 6.13. The van der Waals surface area contributed by atoms with Gasteiger partial charge < -0.3 is 15.8 Å². The number of nitrogen functional groups attached to an aromatic ring is 1. The largest absolute Gasteiger partial charge is 0.484 e. The summed E-state index contributed by atoms with van der Waals surface area (Å²) in [6.45, 7) is 5.89. The van der Waals surface area contributed by atoms with E-state index in [1.54, 1.807) is 6.07 Å². The van der Waals surface area contributed by atoms with Gasteiger partial charge in [0.05, 0.1) is 5.69 Å². The van der Waals surface area contributed by atoms with E-state index in [0.717, 1.165) is 15.6 Å². The highest BCUT2D eigenvalue weighted by Crippen LogP contribution is 2.29. The van der Waals surface area contributed by atoms with Crippen molar-refractivity contribution >= 4 is 33.2 Å². The van der Waals surface area contributed by atoms with E-state index in [1.807, 2.05) is 45.0 Å². The highest BCUT2D eigenvalue weighted by Gasteiger charge is 2.10. The van der Waals surface area contributed by atoms with Crippen molar-refractivity contribution in [2.24, 2.45) is 0 Å². The number of nitrogens with two attached hydrogens (primary N) is 1. The van der Waals surface area contributed by atoms with E-state index < -0.39 is 0 Å². The molecule has 0 radical (unpaired) electrons. The summed E-state index contributed by atoms with van der Waals surface area (Å²) in [5.74, 6) is 0.471. The maximum Gasteiger partial charge on any atom is 0.262 e. The van der Waals surface area contributed by atoms with Crippen LogP contribution in [0.5, 0.6) is 5.75 Å². The van der Waals surface area contributed by atoms with Crippen LogP contribution < -0.4 is 15.8 Å². The number of benzene rings is 2. The molecule has 0 saturated carbocycles. The van der Waals surface area contributed by atoms with Crippen LogP contribution in [-0.4, -0.2) is 12.5 Å². The number of carbonyl (C=O) groups excluding carboxylic acids is 1. The average Bonchev–Trinajstić information content (AvgIpc) is 2.44. The van der Waals surface area contributed by atoms with Gasteiger partial charge in [0.2, 0.25) is 0 Å². The molecule has 2 aromatic rings. The Morgan fingerprint density at radius 1 is 1.14 bits per heavy atom. The fourth-order valence-corrected chi connectivity index (χ4v) is 2.73. The second kappa shape index (κ2) is 6.83. The van der Waals surface area contributed by atoms with Crippen LogP contribution in [0.1, 0.15) is 16.7 Å². The number of anilines is 2. The lowest BCUT2D eigenvalue weighted by Crippen LogP contribution is -2.21. The molecule has 3 N–H and O–H groups in total. The Kier molecular flexibility index (Phi) is 5.08. The first-order valence-corrected chi connectivity index (χ1v) is 7.71. The molecule has 0 aliphatic rings. The van der Waals surface area contributed by atoms with Crippen LogP contribution >= 0.6 is 15.9 Å². The first-order valence-electron chi connectivity index (χ1n) is 6.92. The van der Waals surface area contributed by atoms with Crippen LogP contribution in [0.4, 0.5) is 11.4 Å². The molecule has 116 valence electrons. The summed E-state index contributed by atoms with van der Waals surface area (Å²) in [4.78, 5) is 12.0. The molecule has 0 bridgehead atoms. The van der Waals surface area contributed by atoms with Gasteiger partial charge >= 0.3 is 0 Å². The fourth-order valence-electron chi connectivity index (χ4n) is 2.06. The average molecular weight is 363 g/mol. The van der Waals surface area contributed by atoms with Crippen LogP contribution in [0, 0.1) is 20.8 Å². The molecule has 4 nitrogen and oxygen atoms in total. The minimum absolute atomic E-state index is 0.0429. The van der Waals surface area contributed by atoms with Gasteiger partial charge in [-0.05, 0) is 77.7 Å². The quantitative estimate of drug-likeness (QED) is 0.808. The van der Waals surface area contributed by atoms with E-state index in [0.29, 0.717) is 17.1 Å². The zero-order chi connectivity index (χ0) is 16.3. The smallest absolute Gasteiger partial charge is 0.262 e. The van der Waals surface area contributed by atoms with Crippen LogP contribution in [0.2, 0.25) is 0 Å². The molecule has 0 unspecified atom stereocenters. The molecular formula is C17H19BrN2O2. The fraction of sp³-hybridized carbons (Fsp3) is 0.235. The van der Waals surface area contributed by atoms with Gasteiger partial charge in [-0.3, -0.25) is 4.79 Å². The van der Waals surface area contributed by atoms with Gasteiger partial charge in [-0.25, -0.2) is 0 Å². The third-order valence-corrected chi connectivity index (χ3v) is 4.05. The SMILES string of the molecule is Cc1ccc(OCC(=O)Nc2c(C)cc(N)cc2Br)cc1C. The molecule has 0 aliphatic carbocycles. The molecule has 0 atom stereocenters. The van der Waals surface area contributed by atoms with E-state index in [9.17, 15) is 4.79 Å². The van der Waals surface area contributed by atoms with Crippen molar-refractivity contribution in [3.8, 4) is 5.75 Å². The molecule has 2 rings (SSSR count). The number of nitrogens with one attached hydrogen (secondary N) is 1. The molecule has 22 heavy (non-hydrogen) atoms. The van der Waals surface area contributed by atoms with Gasteiger partial charge in [0.15, 0.2) is 6.61 Å². The summed E-state index contributed by atoms with van der Waals surface area (Å²) in [5, 5.41) is 2.84. The first-order chi connectivity index (χ1) is 10.4. The summed E-state index contributed by atoms with van der Waals surface area (Å²) < 4.78 is 6.28. The Morgan fingerprint density at radius 3 is 2.50 bits per heavy atom. The molecular weight excluding hydrogens is 344 g/mol. The van der Waals surface area contributed by atoms with Gasteiger partial charge in [-0.2, -0.15) is 0 Å². The summed E-state index contributed by atoms with van der Waals surface area (Å²) in [7, 11) is 0. The van der Waals surface area contributed by atoms with Crippen molar-refractivity contribution in [2.75, 3.05) is 17.7 Å². The number of ether oxygens (including phenoxy) is 1. The zero-order valence-corrected chi connectivity index (χ0v) is 14.5. The van der Waals surface area contributed by atoms with Crippen molar-refractivity contribution in [3.63, 3.8) is 0 Å². The monoisotopic (exact) mass is 362 g/mol. The standard InChI is InChI=1S/C17H19BrN2O2/c1-10-4-5-14(7-11(10)2)22-9-16(21)20-17-12(3)6-13(19)8-15(17)18/h4-8H,9,19H2,1-3H3,(H,20,21). The van der Waals surface area contributed by atoms with Crippen LogP contribution in [0.25, 0.3) is 0 Å². The number of halogens is 1. The lowest BCUT2D eigenvalue weighted by atomic mass is 10.1. The number of amides is 1. The van der Waals surface area contributed by atoms with Crippen LogP contribution in [0.15, 0.2) is 34.8 Å². The third kappa shape index (κ3) is 4.01. The highest BCUT2D eigenvalue weighted by molar-refractivity contribution is 9.10. The molecule has 1 amide bonds. The van der Waals surface area contributed by atoms with Crippen molar-refractivity contribution in [3.05, 3.63) is 51.5 Å². The van der Waals surface area contributed by atoms with Crippen molar-refractivity contribution < 1.29 is 9.53 Å². The number of hydrogen-bond donors (Lipinski definition) is 2. The molecule has 0 spiro atoms. The van der Waals surface area contributed by atoms with Gasteiger partial charge in [0, 0.05) is 10.2 Å². The maximum atomic E-state index is 12.0. The third-order valence-electron chi connectivity index (χ3n) is 3.42. The van der Waals surface area contributed by atoms with Crippen LogP contribution in [-0.2, 0) is 4.79 Å². The Labute approximate surface area is 138 Å². The van der Waals surface area contributed by atoms with E-state index in [4.69, 9.17) is 10.5 Å².